The molecule has 3 rings (SSSR count). The fourth-order valence-corrected chi connectivity index (χ4v) is 2.80. The molecule has 0 fully saturated rings. The number of rotatable bonds is 7. The van der Waals surface area contributed by atoms with Crippen molar-refractivity contribution in [2.45, 2.75) is 32.9 Å². The van der Waals surface area contributed by atoms with Gasteiger partial charge in [-0.1, -0.05) is 25.1 Å². The van der Waals surface area contributed by atoms with Crippen molar-refractivity contribution in [1.29, 1.82) is 0 Å². The van der Waals surface area contributed by atoms with Crippen molar-refractivity contribution in [3.63, 3.8) is 0 Å². The SMILES string of the molecule is CCCC(=O)Nc1ccc(CNC(=NC)NCc2ccc3c(c2)OCO3)cc1.I. The molecule has 0 atom stereocenters. The topological polar surface area (TPSA) is 84.0 Å². The number of hydrogen-bond acceptors (Lipinski definition) is 4. The molecule has 0 spiro atoms. The van der Waals surface area contributed by atoms with Crippen LogP contribution in [-0.4, -0.2) is 25.7 Å². The Bertz CT molecular complexity index is 840. The van der Waals surface area contributed by atoms with Crippen LogP contribution >= 0.6 is 24.0 Å². The summed E-state index contributed by atoms with van der Waals surface area (Å²) in [5, 5.41) is 9.46. The normalized spacial score (nSPS) is 12.1. The summed E-state index contributed by atoms with van der Waals surface area (Å²) in [5.41, 5.74) is 2.99. The van der Waals surface area contributed by atoms with Crippen molar-refractivity contribution in [3.8, 4) is 11.5 Å². The van der Waals surface area contributed by atoms with Crippen LogP contribution in [0.4, 0.5) is 5.69 Å². The number of ether oxygens (including phenoxy) is 2. The van der Waals surface area contributed by atoms with Gasteiger partial charge in [-0.25, -0.2) is 0 Å². The average molecular weight is 510 g/mol. The number of guanidine groups is 1. The summed E-state index contributed by atoms with van der Waals surface area (Å²) in [6.07, 6.45) is 1.38. The molecule has 0 unspecified atom stereocenters. The summed E-state index contributed by atoms with van der Waals surface area (Å²) in [6.45, 7) is 3.51. The summed E-state index contributed by atoms with van der Waals surface area (Å²) in [7, 11) is 1.74. The van der Waals surface area contributed by atoms with Gasteiger partial charge in [0.2, 0.25) is 12.7 Å². The highest BCUT2D eigenvalue weighted by atomic mass is 127. The standard InChI is InChI=1S/C21H26N4O3.HI/c1-3-4-20(26)25-17-8-5-15(6-9-17)12-23-21(22-2)24-13-16-7-10-18-19(11-16)28-14-27-18;/h5-11H,3-4,12-14H2,1-2H3,(H,25,26)(H2,22,23,24);1H. The lowest BCUT2D eigenvalue weighted by atomic mass is 10.2. The molecule has 29 heavy (non-hydrogen) atoms. The van der Waals surface area contributed by atoms with E-state index in [4.69, 9.17) is 9.47 Å². The first kappa shape index (κ1) is 22.8. The van der Waals surface area contributed by atoms with Crippen molar-refractivity contribution in [1.82, 2.24) is 10.6 Å². The lowest BCUT2D eigenvalue weighted by molar-refractivity contribution is -0.116. The van der Waals surface area contributed by atoms with Gasteiger partial charge >= 0.3 is 0 Å². The second-order valence-corrected chi connectivity index (χ2v) is 6.46. The number of nitrogens with zero attached hydrogens (tertiary/aromatic N) is 1. The Morgan fingerprint density at radius 1 is 1.00 bits per heavy atom. The van der Waals surface area contributed by atoms with Crippen molar-refractivity contribution in [2.24, 2.45) is 4.99 Å². The summed E-state index contributed by atoms with van der Waals surface area (Å²) >= 11 is 0. The predicted molar refractivity (Wildman–Crippen MR) is 125 cm³/mol. The van der Waals surface area contributed by atoms with Crippen LogP contribution in [0.3, 0.4) is 0 Å². The van der Waals surface area contributed by atoms with Crippen LogP contribution in [0.2, 0.25) is 0 Å². The Morgan fingerprint density at radius 3 is 2.34 bits per heavy atom. The first-order valence-corrected chi connectivity index (χ1v) is 9.39. The lowest BCUT2D eigenvalue weighted by Crippen LogP contribution is -2.36. The molecule has 0 saturated heterocycles. The van der Waals surface area contributed by atoms with Crippen molar-refractivity contribution in [2.75, 3.05) is 19.2 Å². The molecule has 7 nitrogen and oxygen atoms in total. The molecule has 2 aromatic rings. The molecule has 0 aromatic heterocycles. The molecule has 0 saturated carbocycles. The van der Waals surface area contributed by atoms with Crippen LogP contribution in [0.5, 0.6) is 11.5 Å². The van der Waals surface area contributed by atoms with E-state index < -0.39 is 0 Å². The average Bonchev–Trinajstić information content (AvgIpc) is 3.17. The number of benzene rings is 2. The van der Waals surface area contributed by atoms with Crippen LogP contribution in [0.1, 0.15) is 30.9 Å². The highest BCUT2D eigenvalue weighted by Crippen LogP contribution is 2.32. The maximum Gasteiger partial charge on any atom is 0.231 e. The van der Waals surface area contributed by atoms with Gasteiger partial charge in [-0.05, 0) is 41.8 Å². The molecule has 1 aliphatic rings. The zero-order valence-corrected chi connectivity index (χ0v) is 19.0. The van der Waals surface area contributed by atoms with Gasteiger partial charge < -0.3 is 25.4 Å². The second kappa shape index (κ2) is 11.5. The summed E-state index contributed by atoms with van der Waals surface area (Å²) in [4.78, 5) is 15.9. The van der Waals surface area contributed by atoms with Crippen LogP contribution in [0.25, 0.3) is 0 Å². The lowest BCUT2D eigenvalue weighted by Gasteiger charge is -2.13. The largest absolute Gasteiger partial charge is 0.454 e. The zero-order chi connectivity index (χ0) is 19.8. The molecule has 0 radical (unpaired) electrons. The third-order valence-corrected chi connectivity index (χ3v) is 4.30. The quantitative estimate of drug-likeness (QED) is 0.301. The maximum atomic E-state index is 11.6. The van der Waals surface area contributed by atoms with Crippen molar-refractivity contribution in [3.05, 3.63) is 53.6 Å². The molecular formula is C21H27IN4O3. The number of amides is 1. The highest BCUT2D eigenvalue weighted by Gasteiger charge is 2.13. The number of halogens is 1. The van der Waals surface area contributed by atoms with Crippen LogP contribution in [0.15, 0.2) is 47.5 Å². The molecule has 0 aliphatic carbocycles. The molecular weight excluding hydrogens is 483 g/mol. The minimum Gasteiger partial charge on any atom is -0.454 e. The Labute approximate surface area is 188 Å². The molecule has 1 amide bonds. The van der Waals surface area contributed by atoms with E-state index in [1.54, 1.807) is 7.05 Å². The van der Waals surface area contributed by atoms with Crippen LogP contribution in [0, 0.1) is 0 Å². The Kier molecular flexibility index (Phi) is 9.04. The van der Waals surface area contributed by atoms with Gasteiger partial charge in [-0.3, -0.25) is 9.79 Å². The van der Waals surface area contributed by atoms with E-state index in [9.17, 15) is 4.79 Å². The molecule has 0 bridgehead atoms. The molecule has 3 N–H and O–H groups in total. The number of fused-ring (bicyclic) bond motifs is 1. The van der Waals surface area contributed by atoms with Gasteiger partial charge in [-0.15, -0.1) is 24.0 Å². The minimum absolute atomic E-state index is 0. The third-order valence-electron chi connectivity index (χ3n) is 4.30. The first-order valence-electron chi connectivity index (χ1n) is 9.39. The second-order valence-electron chi connectivity index (χ2n) is 6.46. The Morgan fingerprint density at radius 2 is 1.66 bits per heavy atom. The van der Waals surface area contributed by atoms with E-state index in [1.807, 2.05) is 49.4 Å². The summed E-state index contributed by atoms with van der Waals surface area (Å²) in [5.74, 6) is 2.30. The van der Waals surface area contributed by atoms with Gasteiger partial charge in [0, 0.05) is 32.2 Å². The highest BCUT2D eigenvalue weighted by molar-refractivity contribution is 14.0. The smallest absolute Gasteiger partial charge is 0.231 e. The van der Waals surface area contributed by atoms with Gasteiger partial charge in [0.1, 0.15) is 0 Å². The number of anilines is 1. The minimum atomic E-state index is 0. The van der Waals surface area contributed by atoms with Crippen LogP contribution < -0.4 is 25.4 Å². The Balaban J connectivity index is 0.00000300. The van der Waals surface area contributed by atoms with Crippen LogP contribution in [-0.2, 0) is 17.9 Å². The zero-order valence-electron chi connectivity index (χ0n) is 16.7. The van der Waals surface area contributed by atoms with Gasteiger partial charge in [0.05, 0.1) is 0 Å². The molecule has 8 heteroatoms. The Hall–Kier alpha value is -2.49. The van der Waals surface area contributed by atoms with Gasteiger partial charge in [0.25, 0.3) is 0 Å². The van der Waals surface area contributed by atoms with Gasteiger partial charge in [0.15, 0.2) is 17.5 Å². The maximum absolute atomic E-state index is 11.6. The fraction of sp³-hybridized carbons (Fsp3) is 0.333. The van der Waals surface area contributed by atoms with Crippen molar-refractivity contribution >= 4 is 41.5 Å². The fourth-order valence-electron chi connectivity index (χ4n) is 2.80. The first-order chi connectivity index (χ1) is 13.7. The predicted octanol–water partition coefficient (Wildman–Crippen LogP) is 3.64. The number of carbonyl (C=O) groups excluding carboxylic acids is 1. The number of nitrogens with one attached hydrogen (secondary N) is 3. The van der Waals surface area contributed by atoms with E-state index >= 15 is 0 Å². The van der Waals surface area contributed by atoms with E-state index in [-0.39, 0.29) is 36.7 Å². The molecule has 1 heterocycles. The number of aliphatic imine (C=N–C) groups is 1. The number of carbonyl (C=O) groups is 1. The van der Waals surface area contributed by atoms with E-state index in [2.05, 4.69) is 20.9 Å². The van der Waals surface area contributed by atoms with E-state index in [1.165, 1.54) is 0 Å². The monoisotopic (exact) mass is 510 g/mol. The molecule has 1 aliphatic heterocycles. The van der Waals surface area contributed by atoms with E-state index in [0.717, 1.165) is 34.7 Å². The molecule has 156 valence electrons. The van der Waals surface area contributed by atoms with Gasteiger partial charge in [-0.2, -0.15) is 0 Å². The van der Waals surface area contributed by atoms with Crippen molar-refractivity contribution < 1.29 is 14.3 Å². The third kappa shape index (κ3) is 6.81. The summed E-state index contributed by atoms with van der Waals surface area (Å²) < 4.78 is 10.7. The number of hydrogen-bond donors (Lipinski definition) is 3. The van der Waals surface area contributed by atoms with E-state index in [0.29, 0.717) is 25.5 Å². The summed E-state index contributed by atoms with van der Waals surface area (Å²) in [6, 6.07) is 13.7. The molecule has 2 aromatic carbocycles.